The molecule has 0 aliphatic rings. The molecule has 0 aliphatic carbocycles. The van der Waals surface area contributed by atoms with Gasteiger partial charge in [0, 0.05) is 13.7 Å². The van der Waals surface area contributed by atoms with Crippen LogP contribution in [0.2, 0.25) is 0 Å². The van der Waals surface area contributed by atoms with E-state index in [2.05, 4.69) is 0 Å². The Kier molecular flexibility index (Phi) is 11.7. The van der Waals surface area contributed by atoms with E-state index in [9.17, 15) is 0 Å². The second kappa shape index (κ2) is 11.8. The summed E-state index contributed by atoms with van der Waals surface area (Å²) < 4.78 is 15.4. The Bertz CT molecular complexity index is 156. The van der Waals surface area contributed by atoms with E-state index in [4.69, 9.17) is 32.2 Å². The number of hydrogen-bond donors (Lipinski definition) is 1. The van der Waals surface area contributed by atoms with Gasteiger partial charge in [0.25, 0.3) is 0 Å². The van der Waals surface area contributed by atoms with Gasteiger partial charge in [-0.1, -0.05) is 12.2 Å². The Morgan fingerprint density at radius 3 is 2.20 bits per heavy atom. The first-order chi connectivity index (χ1) is 7.27. The van der Waals surface area contributed by atoms with Gasteiger partial charge in [-0.25, -0.2) is 0 Å². The highest BCUT2D eigenvalue weighted by Gasteiger charge is 1.92. The first kappa shape index (κ1) is 14.8. The summed E-state index contributed by atoms with van der Waals surface area (Å²) in [5.41, 5.74) is 5.36. The lowest BCUT2D eigenvalue weighted by Gasteiger charge is -2.05. The van der Waals surface area contributed by atoms with Gasteiger partial charge in [0.05, 0.1) is 31.4 Å². The summed E-state index contributed by atoms with van der Waals surface area (Å²) in [7, 11) is 1.65. The van der Waals surface area contributed by atoms with Crippen molar-refractivity contribution >= 4 is 17.2 Å². The van der Waals surface area contributed by atoms with Crippen LogP contribution in [-0.2, 0) is 14.2 Å². The van der Waals surface area contributed by atoms with Gasteiger partial charge in [0.1, 0.15) is 0 Å². The van der Waals surface area contributed by atoms with Crippen molar-refractivity contribution in [2.24, 2.45) is 5.73 Å². The fourth-order valence-electron chi connectivity index (χ4n) is 0.968. The fraction of sp³-hybridized carbons (Fsp3) is 0.900. The number of hydrogen-bond acceptors (Lipinski definition) is 4. The highest BCUT2D eigenvalue weighted by atomic mass is 32.1. The van der Waals surface area contributed by atoms with E-state index >= 15 is 0 Å². The van der Waals surface area contributed by atoms with Crippen molar-refractivity contribution in [3.05, 3.63) is 0 Å². The third-order valence-corrected chi connectivity index (χ3v) is 1.97. The quantitative estimate of drug-likeness (QED) is 0.430. The van der Waals surface area contributed by atoms with Gasteiger partial charge in [-0.15, -0.1) is 0 Å². The van der Waals surface area contributed by atoms with Crippen molar-refractivity contribution in [3.63, 3.8) is 0 Å². The van der Waals surface area contributed by atoms with E-state index < -0.39 is 0 Å². The van der Waals surface area contributed by atoms with Crippen molar-refractivity contribution in [1.29, 1.82) is 0 Å². The molecule has 0 amide bonds. The molecule has 4 nitrogen and oxygen atoms in total. The molecule has 2 N–H and O–H groups in total. The Morgan fingerprint density at radius 2 is 1.60 bits per heavy atom. The topological polar surface area (TPSA) is 53.7 Å². The maximum absolute atomic E-state index is 5.36. The number of ether oxygens (including phenoxy) is 3. The summed E-state index contributed by atoms with van der Waals surface area (Å²) in [6.07, 6.45) is 2.80. The van der Waals surface area contributed by atoms with Crippen molar-refractivity contribution in [2.45, 2.75) is 19.3 Å². The number of methoxy groups -OCH3 is 1. The summed E-state index contributed by atoms with van der Waals surface area (Å²) in [5, 5.41) is 0. The largest absolute Gasteiger partial charge is 0.393 e. The molecular formula is C10H21NO3S. The zero-order valence-electron chi connectivity index (χ0n) is 9.37. The SMILES string of the molecule is COCCOCCOCCCCC(N)=S. The van der Waals surface area contributed by atoms with Crippen LogP contribution in [0, 0.1) is 0 Å². The lowest BCUT2D eigenvalue weighted by molar-refractivity contribution is 0.0241. The average Bonchev–Trinajstić information content (AvgIpc) is 2.20. The van der Waals surface area contributed by atoms with E-state index in [1.807, 2.05) is 0 Å². The molecule has 0 aliphatic heterocycles. The minimum atomic E-state index is 0.581. The average molecular weight is 235 g/mol. The highest BCUT2D eigenvalue weighted by molar-refractivity contribution is 7.80. The minimum absolute atomic E-state index is 0.581. The molecule has 0 aromatic carbocycles. The van der Waals surface area contributed by atoms with Crippen molar-refractivity contribution < 1.29 is 14.2 Å². The molecule has 0 saturated carbocycles. The molecule has 90 valence electrons. The number of rotatable bonds is 11. The van der Waals surface area contributed by atoms with Gasteiger partial charge in [0.15, 0.2) is 0 Å². The maximum atomic E-state index is 5.36. The molecular weight excluding hydrogens is 214 g/mol. The Morgan fingerprint density at radius 1 is 1.00 bits per heavy atom. The molecule has 0 rings (SSSR count). The zero-order valence-corrected chi connectivity index (χ0v) is 10.2. The Hall–Kier alpha value is -0.230. The molecule has 5 heteroatoms. The first-order valence-electron chi connectivity index (χ1n) is 5.20. The lowest BCUT2D eigenvalue weighted by Crippen LogP contribution is -2.10. The van der Waals surface area contributed by atoms with Crippen LogP contribution < -0.4 is 5.73 Å². The predicted octanol–water partition coefficient (Wildman–Crippen LogP) is 1.12. The molecule has 0 unspecified atom stereocenters. The van der Waals surface area contributed by atoms with Crippen LogP contribution in [0.4, 0.5) is 0 Å². The third kappa shape index (κ3) is 13.8. The van der Waals surface area contributed by atoms with Crippen LogP contribution in [0.15, 0.2) is 0 Å². The maximum Gasteiger partial charge on any atom is 0.0727 e. The smallest absolute Gasteiger partial charge is 0.0727 e. The molecule has 0 radical (unpaired) electrons. The van der Waals surface area contributed by atoms with Gasteiger partial charge in [-0.05, 0) is 19.3 Å². The first-order valence-corrected chi connectivity index (χ1v) is 5.61. The van der Waals surface area contributed by atoms with Gasteiger partial charge >= 0.3 is 0 Å². The molecule has 0 aromatic rings. The van der Waals surface area contributed by atoms with E-state index in [1.165, 1.54) is 0 Å². The highest BCUT2D eigenvalue weighted by Crippen LogP contribution is 1.95. The van der Waals surface area contributed by atoms with Crippen LogP contribution in [0.5, 0.6) is 0 Å². The van der Waals surface area contributed by atoms with Crippen molar-refractivity contribution in [2.75, 3.05) is 40.1 Å². The summed E-state index contributed by atoms with van der Waals surface area (Å²) in [4.78, 5) is 0.581. The molecule has 0 spiro atoms. The van der Waals surface area contributed by atoms with Crippen LogP contribution >= 0.6 is 12.2 Å². The van der Waals surface area contributed by atoms with Crippen molar-refractivity contribution in [3.8, 4) is 0 Å². The summed E-state index contributed by atoms with van der Waals surface area (Å²) in [5.74, 6) is 0. The zero-order chi connectivity index (χ0) is 11.4. The number of nitrogens with two attached hydrogens (primary N) is 1. The Balaban J connectivity index is 2.89. The van der Waals surface area contributed by atoms with E-state index in [0.717, 1.165) is 25.9 Å². The van der Waals surface area contributed by atoms with E-state index in [-0.39, 0.29) is 0 Å². The van der Waals surface area contributed by atoms with Crippen LogP contribution in [0.25, 0.3) is 0 Å². The minimum Gasteiger partial charge on any atom is -0.393 e. The van der Waals surface area contributed by atoms with Crippen molar-refractivity contribution in [1.82, 2.24) is 0 Å². The molecule has 15 heavy (non-hydrogen) atoms. The third-order valence-electron chi connectivity index (χ3n) is 1.77. The lowest BCUT2D eigenvalue weighted by atomic mass is 10.2. The number of unbranched alkanes of at least 4 members (excludes halogenated alkanes) is 1. The molecule has 0 heterocycles. The van der Waals surface area contributed by atoms with Crippen LogP contribution in [0.3, 0.4) is 0 Å². The molecule has 0 fully saturated rings. The van der Waals surface area contributed by atoms with E-state index in [0.29, 0.717) is 31.4 Å². The molecule has 0 saturated heterocycles. The van der Waals surface area contributed by atoms with E-state index in [1.54, 1.807) is 7.11 Å². The van der Waals surface area contributed by atoms with Crippen LogP contribution in [-0.4, -0.2) is 45.1 Å². The monoisotopic (exact) mass is 235 g/mol. The summed E-state index contributed by atoms with van der Waals surface area (Å²) in [6, 6.07) is 0. The number of thiocarbonyl (C=S) groups is 1. The second-order valence-corrected chi connectivity index (χ2v) is 3.67. The molecule has 0 atom stereocenters. The summed E-state index contributed by atoms with van der Waals surface area (Å²) >= 11 is 4.76. The van der Waals surface area contributed by atoms with Gasteiger partial charge in [0.2, 0.25) is 0 Å². The predicted molar refractivity (Wildman–Crippen MR) is 64.2 cm³/mol. The molecule has 0 bridgehead atoms. The van der Waals surface area contributed by atoms with Crippen LogP contribution in [0.1, 0.15) is 19.3 Å². The molecule has 0 aromatic heterocycles. The van der Waals surface area contributed by atoms with Gasteiger partial charge in [-0.3, -0.25) is 0 Å². The fourth-order valence-corrected chi connectivity index (χ4v) is 1.11. The summed E-state index contributed by atoms with van der Waals surface area (Å²) in [6.45, 7) is 3.26. The normalized spacial score (nSPS) is 10.5. The Labute approximate surface area is 97.1 Å². The second-order valence-electron chi connectivity index (χ2n) is 3.14. The van der Waals surface area contributed by atoms with Gasteiger partial charge in [-0.2, -0.15) is 0 Å². The standard InChI is InChI=1S/C10H21NO3S/c1-12-6-7-14-9-8-13-5-3-2-4-10(11)15/h2-9H2,1H3,(H2,11,15). The van der Waals surface area contributed by atoms with Gasteiger partial charge < -0.3 is 19.9 Å².